The first-order valence-electron chi connectivity index (χ1n) is 5.34. The molecule has 1 aromatic rings. The normalized spacial score (nSPS) is 16.4. The molecule has 0 aliphatic carbocycles. The molecule has 2 nitrogen and oxygen atoms in total. The number of benzene rings is 1. The van der Waals surface area contributed by atoms with Crippen LogP contribution in [0.4, 0.5) is 0 Å². The number of carbonyl (C=O) groups excluding carboxylic acids is 1. The monoisotopic (exact) mass is 213 g/mol. The summed E-state index contributed by atoms with van der Waals surface area (Å²) in [4.78, 5) is 11.6. The van der Waals surface area contributed by atoms with Crippen LogP contribution in [0.15, 0.2) is 42.1 Å². The van der Waals surface area contributed by atoms with Gasteiger partial charge in [-0.3, -0.25) is 4.79 Å². The molecule has 0 radical (unpaired) electrons. The van der Waals surface area contributed by atoms with Gasteiger partial charge in [0, 0.05) is 17.7 Å². The standard InChI is InChI=1S/C14H15NO/c1-9-4-6-12(7-5-9)13-8-10(2)15-14(16)11(13)3/h4-7H,2,8H2,1,3H3,(H,15,16). The second-order valence-electron chi connectivity index (χ2n) is 4.20. The van der Waals surface area contributed by atoms with Crippen LogP contribution in [0, 0.1) is 6.92 Å². The number of rotatable bonds is 1. The van der Waals surface area contributed by atoms with E-state index in [1.807, 2.05) is 6.92 Å². The lowest BCUT2D eigenvalue weighted by Crippen LogP contribution is -2.28. The third-order valence-electron chi connectivity index (χ3n) is 2.87. The molecule has 0 saturated heterocycles. The van der Waals surface area contributed by atoms with Crippen molar-refractivity contribution in [2.75, 3.05) is 0 Å². The van der Waals surface area contributed by atoms with Gasteiger partial charge in [0.15, 0.2) is 0 Å². The lowest BCUT2D eigenvalue weighted by Gasteiger charge is -2.20. The Morgan fingerprint density at radius 3 is 2.44 bits per heavy atom. The molecule has 2 rings (SSSR count). The molecular weight excluding hydrogens is 198 g/mol. The van der Waals surface area contributed by atoms with Crippen LogP contribution in [0.1, 0.15) is 24.5 Å². The van der Waals surface area contributed by atoms with Crippen LogP contribution in [0.2, 0.25) is 0 Å². The van der Waals surface area contributed by atoms with E-state index in [1.54, 1.807) is 0 Å². The number of hydrogen-bond acceptors (Lipinski definition) is 1. The van der Waals surface area contributed by atoms with Gasteiger partial charge in [-0.05, 0) is 25.0 Å². The van der Waals surface area contributed by atoms with Crippen molar-refractivity contribution < 1.29 is 4.79 Å². The number of allylic oxidation sites excluding steroid dienone is 1. The van der Waals surface area contributed by atoms with Crippen molar-refractivity contribution in [1.29, 1.82) is 0 Å². The van der Waals surface area contributed by atoms with Crippen molar-refractivity contribution >= 4 is 11.5 Å². The Morgan fingerprint density at radius 1 is 1.19 bits per heavy atom. The minimum atomic E-state index is -0.0353. The van der Waals surface area contributed by atoms with E-state index in [0.29, 0.717) is 0 Å². The highest BCUT2D eigenvalue weighted by molar-refractivity contribution is 6.03. The zero-order valence-corrected chi connectivity index (χ0v) is 9.63. The zero-order chi connectivity index (χ0) is 11.7. The van der Waals surface area contributed by atoms with Gasteiger partial charge in [-0.1, -0.05) is 36.4 Å². The molecule has 82 valence electrons. The molecule has 0 spiro atoms. The van der Waals surface area contributed by atoms with Crippen LogP contribution < -0.4 is 5.32 Å². The van der Waals surface area contributed by atoms with Crippen molar-refractivity contribution in [3.63, 3.8) is 0 Å². The molecule has 1 amide bonds. The maximum Gasteiger partial charge on any atom is 0.251 e. The number of nitrogens with one attached hydrogen (secondary N) is 1. The van der Waals surface area contributed by atoms with E-state index in [2.05, 4.69) is 43.1 Å². The van der Waals surface area contributed by atoms with Crippen LogP contribution in [0.25, 0.3) is 5.57 Å². The summed E-state index contributed by atoms with van der Waals surface area (Å²) in [6, 6.07) is 8.23. The van der Waals surface area contributed by atoms with Crippen LogP contribution in [-0.2, 0) is 4.79 Å². The van der Waals surface area contributed by atoms with E-state index in [1.165, 1.54) is 5.56 Å². The lowest BCUT2D eigenvalue weighted by atomic mass is 9.93. The van der Waals surface area contributed by atoms with Crippen molar-refractivity contribution in [2.24, 2.45) is 0 Å². The van der Waals surface area contributed by atoms with Gasteiger partial charge in [0.2, 0.25) is 0 Å². The fraction of sp³-hybridized carbons (Fsp3) is 0.214. The van der Waals surface area contributed by atoms with Gasteiger partial charge in [0.1, 0.15) is 0 Å². The summed E-state index contributed by atoms with van der Waals surface area (Å²) in [5.41, 5.74) is 4.97. The maximum absolute atomic E-state index is 11.6. The Balaban J connectivity index is 2.46. The number of aryl methyl sites for hydroxylation is 1. The summed E-state index contributed by atoms with van der Waals surface area (Å²) < 4.78 is 0. The second kappa shape index (κ2) is 3.97. The topological polar surface area (TPSA) is 29.1 Å². The van der Waals surface area contributed by atoms with Gasteiger partial charge in [-0.25, -0.2) is 0 Å². The van der Waals surface area contributed by atoms with Gasteiger partial charge in [0.25, 0.3) is 5.91 Å². The number of amides is 1. The molecule has 0 bridgehead atoms. The first kappa shape index (κ1) is 10.7. The summed E-state index contributed by atoms with van der Waals surface area (Å²) in [7, 11) is 0. The average Bonchev–Trinajstić information content (AvgIpc) is 2.25. The van der Waals surface area contributed by atoms with Crippen LogP contribution in [0.3, 0.4) is 0 Å². The molecule has 1 N–H and O–H groups in total. The quantitative estimate of drug-likeness (QED) is 0.763. The van der Waals surface area contributed by atoms with E-state index >= 15 is 0 Å². The molecule has 0 saturated carbocycles. The summed E-state index contributed by atoms with van der Waals surface area (Å²) in [5.74, 6) is -0.0353. The first-order valence-corrected chi connectivity index (χ1v) is 5.34. The summed E-state index contributed by atoms with van der Waals surface area (Å²) >= 11 is 0. The van der Waals surface area contributed by atoms with Gasteiger partial charge < -0.3 is 5.32 Å². The van der Waals surface area contributed by atoms with Crippen LogP contribution in [0.5, 0.6) is 0 Å². The molecule has 1 aliphatic heterocycles. The fourth-order valence-corrected chi connectivity index (χ4v) is 1.85. The summed E-state index contributed by atoms with van der Waals surface area (Å²) in [5, 5.41) is 2.75. The van der Waals surface area contributed by atoms with Gasteiger partial charge in [-0.2, -0.15) is 0 Å². The number of hydrogen-bond donors (Lipinski definition) is 1. The van der Waals surface area contributed by atoms with E-state index in [-0.39, 0.29) is 5.91 Å². The van der Waals surface area contributed by atoms with E-state index in [0.717, 1.165) is 28.8 Å². The molecule has 0 atom stereocenters. The van der Waals surface area contributed by atoms with Gasteiger partial charge >= 0.3 is 0 Å². The molecular formula is C14H15NO. The van der Waals surface area contributed by atoms with Crippen molar-refractivity contribution in [1.82, 2.24) is 5.32 Å². The molecule has 16 heavy (non-hydrogen) atoms. The largest absolute Gasteiger partial charge is 0.326 e. The predicted molar refractivity (Wildman–Crippen MR) is 65.7 cm³/mol. The van der Waals surface area contributed by atoms with Gasteiger partial charge in [-0.15, -0.1) is 0 Å². The molecule has 0 fully saturated rings. The minimum Gasteiger partial charge on any atom is -0.326 e. The molecule has 1 aromatic carbocycles. The highest BCUT2D eigenvalue weighted by Crippen LogP contribution is 2.28. The third-order valence-corrected chi connectivity index (χ3v) is 2.87. The molecule has 2 heteroatoms. The number of carbonyl (C=O) groups is 1. The summed E-state index contributed by atoms with van der Waals surface area (Å²) in [6.45, 7) is 7.74. The fourth-order valence-electron chi connectivity index (χ4n) is 1.85. The highest BCUT2D eigenvalue weighted by atomic mass is 16.1. The Bertz CT molecular complexity index is 480. The Hall–Kier alpha value is -1.83. The molecule has 1 aliphatic rings. The van der Waals surface area contributed by atoms with Crippen LogP contribution in [-0.4, -0.2) is 5.91 Å². The van der Waals surface area contributed by atoms with Crippen molar-refractivity contribution in [3.05, 3.63) is 53.2 Å². The van der Waals surface area contributed by atoms with E-state index in [4.69, 9.17) is 0 Å². The van der Waals surface area contributed by atoms with Crippen molar-refractivity contribution in [2.45, 2.75) is 20.3 Å². The third kappa shape index (κ3) is 1.91. The maximum atomic E-state index is 11.6. The molecule has 1 heterocycles. The second-order valence-corrected chi connectivity index (χ2v) is 4.20. The first-order chi connectivity index (χ1) is 7.58. The van der Waals surface area contributed by atoms with Crippen LogP contribution >= 0.6 is 0 Å². The zero-order valence-electron chi connectivity index (χ0n) is 9.63. The smallest absolute Gasteiger partial charge is 0.251 e. The lowest BCUT2D eigenvalue weighted by molar-refractivity contribution is -0.116. The predicted octanol–water partition coefficient (Wildman–Crippen LogP) is 2.80. The van der Waals surface area contributed by atoms with Gasteiger partial charge in [0.05, 0.1) is 0 Å². The molecule has 0 aromatic heterocycles. The van der Waals surface area contributed by atoms with E-state index in [9.17, 15) is 4.79 Å². The Labute approximate surface area is 95.7 Å². The average molecular weight is 213 g/mol. The summed E-state index contributed by atoms with van der Waals surface area (Å²) in [6.07, 6.45) is 0.723. The molecule has 0 unspecified atom stereocenters. The SMILES string of the molecule is C=C1CC(c2ccc(C)cc2)=C(C)C(=O)N1. The highest BCUT2D eigenvalue weighted by Gasteiger charge is 2.19. The Morgan fingerprint density at radius 2 is 1.81 bits per heavy atom. The minimum absolute atomic E-state index is 0.0353. The van der Waals surface area contributed by atoms with Crippen molar-refractivity contribution in [3.8, 4) is 0 Å². The van der Waals surface area contributed by atoms with E-state index < -0.39 is 0 Å². The Kier molecular flexibility index (Phi) is 2.65.